The molecule has 27 heavy (non-hydrogen) atoms. The van der Waals surface area contributed by atoms with E-state index in [1.54, 1.807) is 0 Å². The van der Waals surface area contributed by atoms with Crippen molar-refractivity contribution < 1.29 is 9.53 Å². The predicted molar refractivity (Wildman–Crippen MR) is 107 cm³/mol. The molecule has 2 aromatic carbocycles. The minimum atomic E-state index is -0.275. The molecule has 4 nitrogen and oxygen atoms in total. The number of methoxy groups -OCH3 is 1. The highest BCUT2D eigenvalue weighted by molar-refractivity contribution is 5.89. The van der Waals surface area contributed by atoms with Crippen molar-refractivity contribution in [3.63, 3.8) is 0 Å². The average Bonchev–Trinajstić information content (AvgIpc) is 3.37. The summed E-state index contributed by atoms with van der Waals surface area (Å²) in [6, 6.07) is 19.3. The quantitative estimate of drug-likeness (QED) is 0.764. The SMILES string of the molecule is COC(=O)c1ccc(CN2CC[C@H](CNC3C[C@H]3c3ccccc3)C2)cc1. The number of carbonyl (C=O) groups is 1. The van der Waals surface area contributed by atoms with Gasteiger partial charge in [-0.15, -0.1) is 0 Å². The van der Waals surface area contributed by atoms with E-state index in [0.717, 1.165) is 32.1 Å². The third kappa shape index (κ3) is 4.57. The molecule has 2 aliphatic rings. The van der Waals surface area contributed by atoms with E-state index in [1.807, 2.05) is 24.3 Å². The van der Waals surface area contributed by atoms with E-state index < -0.39 is 0 Å². The lowest BCUT2D eigenvalue weighted by Gasteiger charge is -2.16. The van der Waals surface area contributed by atoms with Crippen LogP contribution in [0.25, 0.3) is 0 Å². The molecule has 4 heteroatoms. The number of benzene rings is 2. The Labute approximate surface area is 161 Å². The van der Waals surface area contributed by atoms with Gasteiger partial charge < -0.3 is 10.1 Å². The van der Waals surface area contributed by atoms with Gasteiger partial charge in [0.2, 0.25) is 0 Å². The van der Waals surface area contributed by atoms with Crippen LogP contribution in [0, 0.1) is 5.92 Å². The Morgan fingerprint density at radius 2 is 1.93 bits per heavy atom. The van der Waals surface area contributed by atoms with Crippen LogP contribution >= 0.6 is 0 Å². The Hall–Kier alpha value is -2.17. The van der Waals surface area contributed by atoms with Gasteiger partial charge in [-0.3, -0.25) is 4.90 Å². The molecular formula is C23H28N2O2. The van der Waals surface area contributed by atoms with Gasteiger partial charge in [-0.05, 0) is 55.1 Å². The fraction of sp³-hybridized carbons (Fsp3) is 0.435. The van der Waals surface area contributed by atoms with E-state index in [2.05, 4.69) is 40.5 Å². The summed E-state index contributed by atoms with van der Waals surface area (Å²) in [5.41, 5.74) is 3.34. The van der Waals surface area contributed by atoms with Crippen molar-refractivity contribution in [2.75, 3.05) is 26.7 Å². The summed E-state index contributed by atoms with van der Waals surface area (Å²) in [4.78, 5) is 14.0. The second kappa shape index (κ2) is 8.24. The van der Waals surface area contributed by atoms with Gasteiger partial charge in [0.15, 0.2) is 0 Å². The molecule has 142 valence electrons. The number of nitrogens with zero attached hydrogens (tertiary/aromatic N) is 1. The molecule has 0 aromatic heterocycles. The molecule has 1 saturated heterocycles. The maximum Gasteiger partial charge on any atom is 0.337 e. The summed E-state index contributed by atoms with van der Waals surface area (Å²) in [5, 5.41) is 3.78. The first-order valence-corrected chi connectivity index (χ1v) is 9.91. The van der Waals surface area contributed by atoms with Gasteiger partial charge in [-0.1, -0.05) is 42.5 Å². The number of likely N-dealkylation sites (tertiary alicyclic amines) is 1. The second-order valence-corrected chi connectivity index (χ2v) is 7.85. The zero-order valence-electron chi connectivity index (χ0n) is 15.9. The van der Waals surface area contributed by atoms with Crippen molar-refractivity contribution >= 4 is 5.97 Å². The summed E-state index contributed by atoms with van der Waals surface area (Å²) < 4.78 is 4.75. The molecule has 1 unspecified atom stereocenters. The lowest BCUT2D eigenvalue weighted by molar-refractivity contribution is 0.0600. The minimum absolute atomic E-state index is 0.275. The van der Waals surface area contributed by atoms with Crippen LogP contribution in [-0.2, 0) is 11.3 Å². The summed E-state index contributed by atoms with van der Waals surface area (Å²) in [5.74, 6) is 1.16. The van der Waals surface area contributed by atoms with Crippen molar-refractivity contribution in [1.82, 2.24) is 10.2 Å². The number of rotatable bonds is 7. The number of hydrogen-bond acceptors (Lipinski definition) is 4. The molecule has 0 bridgehead atoms. The standard InChI is InChI=1S/C23H28N2O2/c1-27-23(26)20-9-7-17(8-10-20)15-25-12-11-18(16-25)14-24-22-13-21(22)19-5-3-2-4-6-19/h2-10,18,21-22,24H,11-16H2,1H3/t18-,21+,22?/m1/s1. The zero-order chi connectivity index (χ0) is 18.6. The average molecular weight is 364 g/mol. The smallest absolute Gasteiger partial charge is 0.337 e. The number of esters is 1. The molecule has 0 radical (unpaired) electrons. The zero-order valence-corrected chi connectivity index (χ0v) is 15.9. The van der Waals surface area contributed by atoms with Crippen LogP contribution in [-0.4, -0.2) is 43.7 Å². The maximum atomic E-state index is 11.5. The van der Waals surface area contributed by atoms with Gasteiger partial charge in [-0.2, -0.15) is 0 Å². The van der Waals surface area contributed by atoms with Gasteiger partial charge in [-0.25, -0.2) is 4.79 Å². The first kappa shape index (κ1) is 18.2. The monoisotopic (exact) mass is 364 g/mol. The molecule has 1 saturated carbocycles. The lowest BCUT2D eigenvalue weighted by atomic mass is 10.1. The van der Waals surface area contributed by atoms with Crippen molar-refractivity contribution in [2.24, 2.45) is 5.92 Å². The van der Waals surface area contributed by atoms with E-state index in [-0.39, 0.29) is 5.97 Å². The molecule has 1 heterocycles. The normalized spacial score (nSPS) is 24.7. The van der Waals surface area contributed by atoms with Crippen LogP contribution in [0.15, 0.2) is 54.6 Å². The molecule has 4 rings (SSSR count). The maximum absolute atomic E-state index is 11.5. The number of hydrogen-bond donors (Lipinski definition) is 1. The molecule has 2 fully saturated rings. The molecule has 1 aliphatic carbocycles. The Balaban J connectivity index is 1.20. The van der Waals surface area contributed by atoms with Crippen molar-refractivity contribution in [1.29, 1.82) is 0 Å². The van der Waals surface area contributed by atoms with Crippen LogP contribution in [0.5, 0.6) is 0 Å². The van der Waals surface area contributed by atoms with Gasteiger partial charge in [0.25, 0.3) is 0 Å². The Morgan fingerprint density at radius 1 is 1.15 bits per heavy atom. The first-order valence-electron chi connectivity index (χ1n) is 9.91. The van der Waals surface area contributed by atoms with E-state index in [0.29, 0.717) is 17.5 Å². The number of ether oxygens (including phenoxy) is 1. The van der Waals surface area contributed by atoms with Gasteiger partial charge in [0.1, 0.15) is 0 Å². The molecule has 3 atom stereocenters. The van der Waals surface area contributed by atoms with Crippen LogP contribution < -0.4 is 5.32 Å². The van der Waals surface area contributed by atoms with Gasteiger partial charge in [0, 0.05) is 25.0 Å². The molecule has 1 N–H and O–H groups in total. The molecule has 2 aromatic rings. The second-order valence-electron chi connectivity index (χ2n) is 7.85. The summed E-state index contributed by atoms with van der Waals surface area (Å²) in [6.45, 7) is 4.37. The minimum Gasteiger partial charge on any atom is -0.465 e. The van der Waals surface area contributed by atoms with Crippen molar-refractivity contribution in [3.05, 3.63) is 71.3 Å². The first-order chi connectivity index (χ1) is 13.2. The highest BCUT2D eigenvalue weighted by atomic mass is 16.5. The predicted octanol–water partition coefficient (Wildman–Crippen LogP) is 3.44. The van der Waals surface area contributed by atoms with E-state index in [9.17, 15) is 4.79 Å². The molecular weight excluding hydrogens is 336 g/mol. The van der Waals surface area contributed by atoms with E-state index >= 15 is 0 Å². The summed E-state index contributed by atoms with van der Waals surface area (Å²) >= 11 is 0. The van der Waals surface area contributed by atoms with Gasteiger partial charge >= 0.3 is 5.97 Å². The largest absolute Gasteiger partial charge is 0.465 e. The highest BCUT2D eigenvalue weighted by Gasteiger charge is 2.38. The fourth-order valence-electron chi connectivity index (χ4n) is 4.15. The number of nitrogens with one attached hydrogen (secondary N) is 1. The fourth-order valence-corrected chi connectivity index (χ4v) is 4.15. The Kier molecular flexibility index (Phi) is 5.55. The molecule has 0 amide bonds. The molecule has 1 aliphatic heterocycles. The summed E-state index contributed by atoms with van der Waals surface area (Å²) in [7, 11) is 1.42. The van der Waals surface area contributed by atoms with Crippen molar-refractivity contribution in [3.8, 4) is 0 Å². The third-order valence-electron chi connectivity index (χ3n) is 5.84. The van der Waals surface area contributed by atoms with Crippen molar-refractivity contribution in [2.45, 2.75) is 31.3 Å². The molecule has 0 spiro atoms. The number of carbonyl (C=O) groups excluding carboxylic acids is 1. The van der Waals surface area contributed by atoms with E-state index in [1.165, 1.54) is 31.1 Å². The summed E-state index contributed by atoms with van der Waals surface area (Å²) in [6.07, 6.45) is 2.53. The third-order valence-corrected chi connectivity index (χ3v) is 5.84. The van der Waals surface area contributed by atoms with Crippen LogP contribution in [0.2, 0.25) is 0 Å². The van der Waals surface area contributed by atoms with Crippen LogP contribution in [0.1, 0.15) is 40.2 Å². The highest BCUT2D eigenvalue weighted by Crippen LogP contribution is 2.40. The van der Waals surface area contributed by atoms with Crippen LogP contribution in [0.3, 0.4) is 0 Å². The van der Waals surface area contributed by atoms with Gasteiger partial charge in [0.05, 0.1) is 12.7 Å². The Morgan fingerprint density at radius 3 is 2.67 bits per heavy atom. The Bertz CT molecular complexity index is 760. The lowest BCUT2D eigenvalue weighted by Crippen LogP contribution is -2.28. The van der Waals surface area contributed by atoms with Crippen LogP contribution in [0.4, 0.5) is 0 Å². The topological polar surface area (TPSA) is 41.6 Å². The van der Waals surface area contributed by atoms with E-state index in [4.69, 9.17) is 4.74 Å².